The average molecular weight is 208 g/mol. The Morgan fingerprint density at radius 1 is 1.33 bits per heavy atom. The summed E-state index contributed by atoms with van der Waals surface area (Å²) in [6.45, 7) is 6.30. The lowest BCUT2D eigenvalue weighted by Gasteiger charge is -2.27. The summed E-state index contributed by atoms with van der Waals surface area (Å²) < 4.78 is 0. The van der Waals surface area contributed by atoms with Gasteiger partial charge in [0.05, 0.1) is 0 Å². The van der Waals surface area contributed by atoms with Gasteiger partial charge in [-0.15, -0.1) is 0 Å². The summed E-state index contributed by atoms with van der Waals surface area (Å²) in [7, 11) is 0. The Labute approximate surface area is 93.9 Å². The number of carbonyl (C=O) groups is 1. The average Bonchev–Trinajstić information content (AvgIpc) is 2.30. The summed E-state index contributed by atoms with van der Waals surface area (Å²) >= 11 is 0. The van der Waals surface area contributed by atoms with Gasteiger partial charge in [0.1, 0.15) is 0 Å². The monoisotopic (exact) mass is 208 g/mol. The first-order chi connectivity index (χ1) is 7.22. The van der Waals surface area contributed by atoms with Gasteiger partial charge in [-0.1, -0.05) is 39.2 Å². The van der Waals surface area contributed by atoms with E-state index in [0.29, 0.717) is 11.7 Å². The molecule has 0 aromatic rings. The van der Waals surface area contributed by atoms with E-state index in [2.05, 4.69) is 13.8 Å². The van der Waals surface area contributed by atoms with E-state index < -0.39 is 0 Å². The van der Waals surface area contributed by atoms with Crippen molar-refractivity contribution in [1.29, 1.82) is 0 Å². The maximum atomic E-state index is 12.2. The van der Waals surface area contributed by atoms with E-state index in [9.17, 15) is 4.79 Å². The molecule has 86 valence electrons. The third-order valence-corrected chi connectivity index (χ3v) is 3.78. The van der Waals surface area contributed by atoms with E-state index in [-0.39, 0.29) is 0 Å². The topological polar surface area (TPSA) is 17.1 Å². The molecule has 1 aliphatic carbocycles. The number of carbonyl (C=O) groups excluding carboxylic acids is 1. The van der Waals surface area contributed by atoms with Crippen molar-refractivity contribution >= 4 is 5.78 Å². The molecule has 2 unspecified atom stereocenters. The van der Waals surface area contributed by atoms with Crippen LogP contribution in [-0.2, 0) is 4.79 Å². The van der Waals surface area contributed by atoms with Gasteiger partial charge in [0.25, 0.3) is 0 Å². The molecule has 0 aliphatic heterocycles. The van der Waals surface area contributed by atoms with E-state index >= 15 is 0 Å². The minimum absolute atomic E-state index is 0.329. The predicted molar refractivity (Wildman–Crippen MR) is 64.8 cm³/mol. The number of rotatable bonds is 4. The van der Waals surface area contributed by atoms with Crippen LogP contribution in [0, 0.1) is 11.8 Å². The molecular formula is C14H24O. The Hall–Kier alpha value is -0.590. The highest BCUT2D eigenvalue weighted by molar-refractivity contribution is 5.97. The van der Waals surface area contributed by atoms with Crippen LogP contribution in [0.2, 0.25) is 0 Å². The van der Waals surface area contributed by atoms with Crippen molar-refractivity contribution in [2.24, 2.45) is 11.8 Å². The molecule has 0 bridgehead atoms. The van der Waals surface area contributed by atoms with Gasteiger partial charge in [-0.05, 0) is 37.7 Å². The molecule has 0 heterocycles. The molecule has 15 heavy (non-hydrogen) atoms. The van der Waals surface area contributed by atoms with E-state index in [1.165, 1.54) is 19.3 Å². The molecule has 0 aromatic heterocycles. The Morgan fingerprint density at radius 3 is 2.60 bits per heavy atom. The minimum Gasteiger partial charge on any atom is -0.294 e. The fraction of sp³-hybridized carbons (Fsp3) is 0.786. The van der Waals surface area contributed by atoms with E-state index in [1.807, 2.05) is 13.0 Å². The van der Waals surface area contributed by atoms with Crippen LogP contribution in [0.15, 0.2) is 11.6 Å². The fourth-order valence-electron chi connectivity index (χ4n) is 2.68. The first-order valence-electron chi connectivity index (χ1n) is 6.42. The van der Waals surface area contributed by atoms with Crippen LogP contribution in [0.3, 0.4) is 0 Å². The zero-order chi connectivity index (χ0) is 11.3. The summed E-state index contributed by atoms with van der Waals surface area (Å²) in [4.78, 5) is 12.2. The molecule has 2 atom stereocenters. The van der Waals surface area contributed by atoms with Crippen LogP contribution in [0.1, 0.15) is 59.3 Å². The fourth-order valence-corrected chi connectivity index (χ4v) is 2.68. The summed E-state index contributed by atoms with van der Waals surface area (Å²) in [6, 6.07) is 0. The normalized spacial score (nSPS) is 27.8. The lowest BCUT2D eigenvalue weighted by molar-refractivity contribution is -0.120. The Morgan fingerprint density at radius 2 is 2.07 bits per heavy atom. The number of allylic oxidation sites excluding steroid dienone is 2. The number of hydrogen-bond donors (Lipinski definition) is 0. The molecule has 1 nitrogen and oxygen atoms in total. The Kier molecular flexibility index (Phi) is 5.07. The van der Waals surface area contributed by atoms with Crippen molar-refractivity contribution in [3.05, 3.63) is 11.6 Å². The summed E-state index contributed by atoms with van der Waals surface area (Å²) in [5.74, 6) is 1.55. The van der Waals surface area contributed by atoms with Crippen LogP contribution in [0.5, 0.6) is 0 Å². The van der Waals surface area contributed by atoms with Crippen molar-refractivity contribution in [2.75, 3.05) is 0 Å². The summed E-state index contributed by atoms with van der Waals surface area (Å²) in [6.07, 6.45) is 8.95. The zero-order valence-corrected chi connectivity index (χ0v) is 10.4. The van der Waals surface area contributed by atoms with Crippen LogP contribution in [0.4, 0.5) is 0 Å². The van der Waals surface area contributed by atoms with Crippen LogP contribution < -0.4 is 0 Å². The summed E-state index contributed by atoms with van der Waals surface area (Å²) in [5, 5.41) is 0. The van der Waals surface area contributed by atoms with E-state index in [0.717, 1.165) is 30.8 Å². The SMILES string of the molecule is CC=C(CC)C(=O)C1CCCC(CC)C1. The standard InChI is InChI=1S/C14H24O/c1-4-11-8-7-9-13(10-11)14(15)12(5-2)6-3/h5,11,13H,4,6-10H2,1-3H3. The molecule has 0 amide bonds. The number of ketones is 1. The molecule has 0 aromatic carbocycles. The number of hydrogen-bond acceptors (Lipinski definition) is 1. The zero-order valence-electron chi connectivity index (χ0n) is 10.4. The van der Waals surface area contributed by atoms with Gasteiger partial charge >= 0.3 is 0 Å². The van der Waals surface area contributed by atoms with Gasteiger partial charge in [0.2, 0.25) is 0 Å². The third-order valence-electron chi connectivity index (χ3n) is 3.78. The Bertz CT molecular complexity index is 240. The van der Waals surface area contributed by atoms with Crippen molar-refractivity contribution in [2.45, 2.75) is 59.3 Å². The smallest absolute Gasteiger partial charge is 0.161 e. The molecule has 0 radical (unpaired) electrons. The quantitative estimate of drug-likeness (QED) is 0.635. The van der Waals surface area contributed by atoms with Crippen LogP contribution >= 0.6 is 0 Å². The first kappa shape index (κ1) is 12.5. The van der Waals surface area contributed by atoms with Crippen LogP contribution in [-0.4, -0.2) is 5.78 Å². The molecular weight excluding hydrogens is 184 g/mol. The second kappa shape index (κ2) is 6.09. The highest BCUT2D eigenvalue weighted by Crippen LogP contribution is 2.33. The van der Waals surface area contributed by atoms with E-state index in [1.54, 1.807) is 0 Å². The third kappa shape index (κ3) is 3.19. The molecule has 1 fully saturated rings. The lowest BCUT2D eigenvalue weighted by atomic mass is 9.76. The van der Waals surface area contributed by atoms with Crippen molar-refractivity contribution in [1.82, 2.24) is 0 Å². The molecule has 0 spiro atoms. The van der Waals surface area contributed by atoms with Gasteiger partial charge in [-0.2, -0.15) is 0 Å². The van der Waals surface area contributed by atoms with Gasteiger partial charge < -0.3 is 0 Å². The predicted octanol–water partition coefficient (Wildman–Crippen LogP) is 4.13. The Balaban J connectivity index is 2.59. The van der Waals surface area contributed by atoms with Gasteiger partial charge in [0.15, 0.2) is 5.78 Å². The largest absolute Gasteiger partial charge is 0.294 e. The lowest BCUT2D eigenvalue weighted by Crippen LogP contribution is -2.23. The second-order valence-corrected chi connectivity index (χ2v) is 4.67. The second-order valence-electron chi connectivity index (χ2n) is 4.67. The number of Topliss-reactive ketones (excluding diaryl/α,β-unsaturated/α-hetero) is 1. The van der Waals surface area contributed by atoms with Crippen molar-refractivity contribution < 1.29 is 4.79 Å². The molecule has 1 heteroatoms. The molecule has 1 saturated carbocycles. The van der Waals surface area contributed by atoms with Crippen LogP contribution in [0.25, 0.3) is 0 Å². The van der Waals surface area contributed by atoms with Gasteiger partial charge in [0, 0.05) is 5.92 Å². The molecule has 1 aliphatic rings. The maximum absolute atomic E-state index is 12.2. The summed E-state index contributed by atoms with van der Waals surface area (Å²) in [5.41, 5.74) is 1.04. The molecule has 0 saturated heterocycles. The maximum Gasteiger partial charge on any atom is 0.161 e. The first-order valence-corrected chi connectivity index (χ1v) is 6.42. The van der Waals surface area contributed by atoms with Gasteiger partial charge in [-0.3, -0.25) is 4.79 Å². The molecule has 1 rings (SSSR count). The minimum atomic E-state index is 0.329. The van der Waals surface area contributed by atoms with E-state index in [4.69, 9.17) is 0 Å². The highest BCUT2D eigenvalue weighted by Gasteiger charge is 2.27. The van der Waals surface area contributed by atoms with Crippen molar-refractivity contribution in [3.8, 4) is 0 Å². The molecule has 0 N–H and O–H groups in total. The van der Waals surface area contributed by atoms with Crippen molar-refractivity contribution in [3.63, 3.8) is 0 Å². The highest BCUT2D eigenvalue weighted by atomic mass is 16.1. The van der Waals surface area contributed by atoms with Gasteiger partial charge in [-0.25, -0.2) is 0 Å².